The number of nitrogens with one attached hydrogen (secondary N) is 2. The number of urea groups is 1. The fourth-order valence-corrected chi connectivity index (χ4v) is 5.65. The molecule has 3 aliphatic rings. The maximum Gasteiger partial charge on any atom is 0.363 e. The molecule has 0 saturated carbocycles. The SMILES string of the molecule is CCN1CCN(C(=O)NC(C(=O)NC2C(=O)N3C(C(=O)OC(=O)C(C)(C)C)=C(C)C(=O)S[C@@H]23)c2ccccc2)C(=O)C1=O. The molecule has 2 unspecified atom stereocenters. The number of nitrogens with zero attached hydrogens (tertiary/aromatic N) is 3. The Morgan fingerprint density at radius 1 is 1.02 bits per heavy atom. The zero-order valence-electron chi connectivity index (χ0n) is 24.2. The lowest BCUT2D eigenvalue weighted by atomic mass is 9.97. The average molecular weight is 614 g/mol. The van der Waals surface area contributed by atoms with Crippen LogP contribution in [0.2, 0.25) is 0 Å². The van der Waals surface area contributed by atoms with Crippen molar-refractivity contribution in [2.24, 2.45) is 5.41 Å². The van der Waals surface area contributed by atoms with Gasteiger partial charge in [0.05, 0.1) is 5.41 Å². The summed E-state index contributed by atoms with van der Waals surface area (Å²) in [6.07, 6.45) is 0. The molecule has 15 heteroatoms. The van der Waals surface area contributed by atoms with Crippen LogP contribution in [0.5, 0.6) is 0 Å². The number of hydrogen-bond donors (Lipinski definition) is 2. The Labute approximate surface area is 251 Å². The molecule has 3 heterocycles. The molecule has 1 aromatic carbocycles. The van der Waals surface area contributed by atoms with Gasteiger partial charge in [0.15, 0.2) is 0 Å². The lowest BCUT2D eigenvalue weighted by molar-refractivity contribution is -0.166. The number of fused-ring (bicyclic) bond motifs is 1. The van der Waals surface area contributed by atoms with Gasteiger partial charge in [-0.1, -0.05) is 42.1 Å². The molecule has 2 saturated heterocycles. The largest absolute Gasteiger partial charge is 0.388 e. The number of imide groups is 1. The highest BCUT2D eigenvalue weighted by Crippen LogP contribution is 2.41. The quantitative estimate of drug-likeness (QED) is 0.198. The lowest BCUT2D eigenvalue weighted by Gasteiger charge is -2.48. The van der Waals surface area contributed by atoms with Crippen molar-refractivity contribution in [1.29, 1.82) is 0 Å². The third-order valence-corrected chi connectivity index (χ3v) is 8.31. The van der Waals surface area contributed by atoms with E-state index in [1.807, 2.05) is 0 Å². The standard InChI is InChI=1S/C28H31N5O9S/c1-6-31-12-13-32(22(37)21(31)36)27(41)30-16(15-10-8-7-9-11-15)19(34)29-17-20(35)33-18(14(2)25(39)43-23(17)33)24(38)42-26(40)28(3,4)5/h7-11,16-17,23H,6,12-13H2,1-5H3,(H,29,34)(H,30,41)/t16?,17?,23-/m0/s1. The number of esters is 2. The summed E-state index contributed by atoms with van der Waals surface area (Å²) >= 11 is 0.709. The molecule has 6 amide bonds. The molecule has 14 nitrogen and oxygen atoms in total. The summed E-state index contributed by atoms with van der Waals surface area (Å²) in [5, 5.41) is 3.43. The summed E-state index contributed by atoms with van der Waals surface area (Å²) in [4.78, 5) is 106. The van der Waals surface area contributed by atoms with Gasteiger partial charge in [0.25, 0.3) is 5.91 Å². The summed E-state index contributed by atoms with van der Waals surface area (Å²) in [5.41, 5.74) is -1.17. The fourth-order valence-electron chi connectivity index (χ4n) is 4.52. The number of piperazine rings is 1. The number of benzene rings is 1. The van der Waals surface area contributed by atoms with Crippen LogP contribution in [0.15, 0.2) is 41.6 Å². The molecule has 0 aliphatic carbocycles. The van der Waals surface area contributed by atoms with Crippen molar-refractivity contribution >= 4 is 58.5 Å². The summed E-state index contributed by atoms with van der Waals surface area (Å²) < 4.78 is 4.93. The van der Waals surface area contributed by atoms with E-state index in [2.05, 4.69) is 10.6 Å². The van der Waals surface area contributed by atoms with Crippen LogP contribution >= 0.6 is 11.8 Å². The summed E-state index contributed by atoms with van der Waals surface area (Å²) in [5.74, 6) is -5.46. The van der Waals surface area contributed by atoms with Crippen LogP contribution < -0.4 is 10.6 Å². The molecule has 0 spiro atoms. The van der Waals surface area contributed by atoms with E-state index in [1.54, 1.807) is 37.3 Å². The molecule has 3 atom stereocenters. The number of ether oxygens (including phenoxy) is 1. The minimum Gasteiger partial charge on any atom is -0.388 e. The number of rotatable bonds is 6. The summed E-state index contributed by atoms with van der Waals surface area (Å²) in [7, 11) is 0. The average Bonchev–Trinajstić information content (AvgIpc) is 2.96. The van der Waals surface area contributed by atoms with Crippen LogP contribution in [-0.4, -0.2) is 92.5 Å². The predicted octanol–water partition coefficient (Wildman–Crippen LogP) is 0.444. The summed E-state index contributed by atoms with van der Waals surface area (Å²) in [6, 6.07) is 4.38. The third-order valence-electron chi connectivity index (χ3n) is 7.06. The number of carbonyl (C=O) groups excluding carboxylic acids is 8. The van der Waals surface area contributed by atoms with Crippen LogP contribution in [0.25, 0.3) is 0 Å². The van der Waals surface area contributed by atoms with E-state index in [1.165, 1.54) is 32.6 Å². The molecular formula is C28H31N5O9S. The Hall–Kier alpha value is -4.53. The Bertz CT molecular complexity index is 1450. The number of β-lactam (4-membered cyclic amide) rings is 1. The number of carbonyl (C=O) groups is 8. The maximum atomic E-state index is 13.5. The van der Waals surface area contributed by atoms with Gasteiger partial charge < -0.3 is 20.3 Å². The van der Waals surface area contributed by atoms with Crippen molar-refractivity contribution in [2.75, 3.05) is 19.6 Å². The van der Waals surface area contributed by atoms with E-state index in [0.29, 0.717) is 28.8 Å². The molecule has 0 aromatic heterocycles. The second-order valence-electron chi connectivity index (χ2n) is 11.0. The first kappa shape index (κ1) is 31.4. The van der Waals surface area contributed by atoms with Gasteiger partial charge in [0.1, 0.15) is 23.2 Å². The predicted molar refractivity (Wildman–Crippen MR) is 150 cm³/mol. The van der Waals surface area contributed by atoms with Crippen LogP contribution in [0.4, 0.5) is 4.79 Å². The second kappa shape index (κ2) is 12.0. The lowest BCUT2D eigenvalue weighted by Crippen LogP contribution is -2.71. The zero-order chi connectivity index (χ0) is 31.8. The highest BCUT2D eigenvalue weighted by Gasteiger charge is 2.56. The Morgan fingerprint density at radius 2 is 1.67 bits per heavy atom. The van der Waals surface area contributed by atoms with Crippen LogP contribution in [-0.2, 0) is 38.3 Å². The molecule has 3 aliphatic heterocycles. The fraction of sp³-hybridized carbons (Fsp3) is 0.429. The molecule has 0 radical (unpaired) electrons. The van der Waals surface area contributed by atoms with E-state index in [0.717, 1.165) is 4.90 Å². The second-order valence-corrected chi connectivity index (χ2v) is 12.1. The minimum atomic E-state index is -1.39. The monoisotopic (exact) mass is 613 g/mol. The molecule has 228 valence electrons. The van der Waals surface area contributed by atoms with Crippen molar-refractivity contribution < 1.29 is 43.1 Å². The third kappa shape index (κ3) is 6.02. The van der Waals surface area contributed by atoms with Crippen molar-refractivity contribution in [3.8, 4) is 0 Å². The smallest absolute Gasteiger partial charge is 0.363 e. The van der Waals surface area contributed by atoms with E-state index < -0.39 is 69.6 Å². The number of thioether (sulfide) groups is 1. The van der Waals surface area contributed by atoms with Gasteiger partial charge in [-0.25, -0.2) is 9.59 Å². The van der Waals surface area contributed by atoms with Gasteiger partial charge >= 0.3 is 29.8 Å². The van der Waals surface area contributed by atoms with Gasteiger partial charge in [-0.2, -0.15) is 0 Å². The Kier molecular flexibility index (Phi) is 8.76. The van der Waals surface area contributed by atoms with E-state index in [9.17, 15) is 38.4 Å². The number of likely N-dealkylation sites (N-methyl/N-ethyl adjacent to an activating group) is 1. The van der Waals surface area contributed by atoms with Gasteiger partial charge in [0, 0.05) is 25.2 Å². The molecule has 1 aromatic rings. The highest BCUT2D eigenvalue weighted by atomic mass is 32.2. The number of hydrogen-bond acceptors (Lipinski definition) is 10. The van der Waals surface area contributed by atoms with Crippen LogP contribution in [0, 0.1) is 5.41 Å². The normalized spacial score (nSPS) is 21.2. The molecule has 2 fully saturated rings. The van der Waals surface area contributed by atoms with Gasteiger partial charge in [-0.15, -0.1) is 0 Å². The van der Waals surface area contributed by atoms with Gasteiger partial charge in [0.2, 0.25) is 11.0 Å². The van der Waals surface area contributed by atoms with Gasteiger partial charge in [-0.3, -0.25) is 38.6 Å². The Balaban J connectivity index is 1.52. The molecular weight excluding hydrogens is 582 g/mol. The summed E-state index contributed by atoms with van der Waals surface area (Å²) in [6.45, 7) is 8.00. The van der Waals surface area contributed by atoms with E-state index in [4.69, 9.17) is 4.74 Å². The minimum absolute atomic E-state index is 0.0768. The molecule has 4 rings (SSSR count). The zero-order valence-corrected chi connectivity index (χ0v) is 25.0. The molecule has 43 heavy (non-hydrogen) atoms. The van der Waals surface area contributed by atoms with Crippen LogP contribution in [0.3, 0.4) is 0 Å². The first-order chi connectivity index (χ1) is 20.2. The molecule has 0 bridgehead atoms. The van der Waals surface area contributed by atoms with E-state index >= 15 is 0 Å². The van der Waals surface area contributed by atoms with Crippen molar-refractivity contribution in [3.05, 3.63) is 47.2 Å². The highest BCUT2D eigenvalue weighted by molar-refractivity contribution is 8.14. The first-order valence-corrected chi connectivity index (χ1v) is 14.3. The van der Waals surface area contributed by atoms with Crippen LogP contribution in [0.1, 0.15) is 46.2 Å². The van der Waals surface area contributed by atoms with Gasteiger partial charge in [-0.05, 0) is 40.2 Å². The maximum absolute atomic E-state index is 13.5. The topological polar surface area (TPSA) is 180 Å². The Morgan fingerprint density at radius 3 is 2.28 bits per heavy atom. The molecule has 2 N–H and O–H groups in total. The van der Waals surface area contributed by atoms with Crippen molar-refractivity contribution in [2.45, 2.75) is 52.1 Å². The van der Waals surface area contributed by atoms with E-state index in [-0.39, 0.29) is 24.4 Å². The number of amides is 6. The van der Waals surface area contributed by atoms with Crippen molar-refractivity contribution in [3.63, 3.8) is 0 Å². The first-order valence-electron chi connectivity index (χ1n) is 13.5. The van der Waals surface area contributed by atoms with Crippen molar-refractivity contribution in [1.82, 2.24) is 25.3 Å².